The summed E-state index contributed by atoms with van der Waals surface area (Å²) in [4.78, 5) is 54.6. The molecule has 1 aromatic rings. The third-order valence-electron chi connectivity index (χ3n) is 4.47. The molecule has 4 atom stereocenters. The molecular weight excluding hydrogens is 410 g/mol. The predicted octanol–water partition coefficient (Wildman–Crippen LogP) is -3.04. The third kappa shape index (κ3) is 9.11. The van der Waals surface area contributed by atoms with Gasteiger partial charge in [0.15, 0.2) is 0 Å². The Morgan fingerprint density at radius 1 is 1.10 bits per heavy atom. The quantitative estimate of drug-likeness (QED) is 0.137. The van der Waals surface area contributed by atoms with Gasteiger partial charge in [-0.1, -0.05) is 6.42 Å². The number of carboxylic acids is 1. The van der Waals surface area contributed by atoms with Gasteiger partial charge in [-0.05, 0) is 26.3 Å². The van der Waals surface area contributed by atoms with E-state index < -0.39 is 54.5 Å². The van der Waals surface area contributed by atoms with E-state index in [0.29, 0.717) is 25.1 Å². The number of aliphatic carboxylic acids is 1. The molecule has 0 radical (unpaired) electrons. The van der Waals surface area contributed by atoms with Crippen LogP contribution in [0.4, 0.5) is 0 Å². The van der Waals surface area contributed by atoms with Crippen LogP contribution in [0, 0.1) is 0 Å². The molecule has 0 saturated carbocycles. The Bertz CT molecular complexity index is 727. The molecule has 1 rings (SSSR count). The van der Waals surface area contributed by atoms with Gasteiger partial charge in [0.2, 0.25) is 17.7 Å². The Morgan fingerprint density at radius 3 is 2.32 bits per heavy atom. The van der Waals surface area contributed by atoms with E-state index in [-0.39, 0.29) is 6.42 Å². The van der Waals surface area contributed by atoms with Crippen molar-refractivity contribution < 1.29 is 29.4 Å². The number of H-pyrrole nitrogens is 1. The normalized spacial score (nSPS) is 14.7. The van der Waals surface area contributed by atoms with Gasteiger partial charge in [-0.2, -0.15) is 0 Å². The van der Waals surface area contributed by atoms with Crippen LogP contribution in [0.2, 0.25) is 0 Å². The number of unbranched alkanes of at least 4 members (excludes halogenated alkanes) is 1. The Balaban J connectivity index is 2.60. The fourth-order valence-electron chi connectivity index (χ4n) is 2.61. The molecular formula is C18H31N7O6. The number of rotatable bonds is 14. The number of aromatic nitrogens is 2. The number of amides is 3. The maximum atomic E-state index is 12.4. The lowest BCUT2D eigenvalue weighted by molar-refractivity contribution is -0.142. The molecule has 10 N–H and O–H groups in total. The monoisotopic (exact) mass is 441 g/mol. The molecule has 13 nitrogen and oxygen atoms in total. The lowest BCUT2D eigenvalue weighted by Crippen LogP contribution is -2.57. The van der Waals surface area contributed by atoms with Crippen molar-refractivity contribution in [2.24, 2.45) is 11.5 Å². The molecule has 1 aromatic heterocycles. The largest absolute Gasteiger partial charge is 0.480 e. The van der Waals surface area contributed by atoms with Crippen LogP contribution in [0.15, 0.2) is 12.5 Å². The Kier molecular flexibility index (Phi) is 11.2. The SMILES string of the molecule is CC(NC(=O)C(N)CCCCN)C(=O)NC(CO)C(=O)NC(Cc1cnc[nH]1)C(=O)O. The first kappa shape index (κ1) is 26.0. The van der Waals surface area contributed by atoms with Gasteiger partial charge in [0.25, 0.3) is 0 Å². The minimum absolute atomic E-state index is 0.0678. The molecule has 0 aliphatic rings. The fraction of sp³-hybridized carbons (Fsp3) is 0.611. The zero-order chi connectivity index (χ0) is 23.4. The summed E-state index contributed by atoms with van der Waals surface area (Å²) in [7, 11) is 0. The highest BCUT2D eigenvalue weighted by Crippen LogP contribution is 2.01. The maximum absolute atomic E-state index is 12.4. The molecule has 174 valence electrons. The summed E-state index contributed by atoms with van der Waals surface area (Å²) in [5.41, 5.74) is 11.6. The lowest BCUT2D eigenvalue weighted by atomic mass is 10.1. The minimum atomic E-state index is -1.41. The summed E-state index contributed by atoms with van der Waals surface area (Å²) >= 11 is 0. The van der Waals surface area contributed by atoms with Crippen LogP contribution in [0.5, 0.6) is 0 Å². The summed E-state index contributed by atoms with van der Waals surface area (Å²) in [5, 5.41) is 25.8. The molecule has 0 bridgehead atoms. The second kappa shape index (κ2) is 13.3. The van der Waals surface area contributed by atoms with Crippen LogP contribution in [0.1, 0.15) is 31.9 Å². The van der Waals surface area contributed by atoms with Crippen LogP contribution < -0.4 is 27.4 Å². The summed E-state index contributed by atoms with van der Waals surface area (Å²) in [6, 6.07) is -4.55. The van der Waals surface area contributed by atoms with Crippen LogP contribution in [0.25, 0.3) is 0 Å². The van der Waals surface area contributed by atoms with Crippen molar-refractivity contribution in [1.82, 2.24) is 25.9 Å². The molecule has 31 heavy (non-hydrogen) atoms. The van der Waals surface area contributed by atoms with Gasteiger partial charge >= 0.3 is 5.97 Å². The number of nitrogens with one attached hydrogen (secondary N) is 4. The topological polar surface area (TPSA) is 226 Å². The number of hydrogen-bond acceptors (Lipinski definition) is 8. The van der Waals surface area contributed by atoms with Crippen LogP contribution in [-0.2, 0) is 25.6 Å². The first-order valence-corrected chi connectivity index (χ1v) is 9.87. The van der Waals surface area contributed by atoms with Gasteiger partial charge in [-0.15, -0.1) is 0 Å². The molecule has 13 heteroatoms. The Labute approximate surface area is 179 Å². The van der Waals surface area contributed by atoms with Crippen LogP contribution in [-0.4, -0.2) is 81.2 Å². The molecule has 0 aliphatic heterocycles. The van der Waals surface area contributed by atoms with Crippen molar-refractivity contribution in [3.63, 3.8) is 0 Å². The van der Waals surface area contributed by atoms with Gasteiger partial charge in [0.1, 0.15) is 18.1 Å². The minimum Gasteiger partial charge on any atom is -0.480 e. The van der Waals surface area contributed by atoms with Crippen molar-refractivity contribution in [2.75, 3.05) is 13.2 Å². The van der Waals surface area contributed by atoms with Crippen molar-refractivity contribution in [2.45, 2.75) is 56.8 Å². The number of aromatic amines is 1. The van der Waals surface area contributed by atoms with Crippen LogP contribution in [0.3, 0.4) is 0 Å². The first-order valence-electron chi connectivity index (χ1n) is 9.87. The van der Waals surface area contributed by atoms with Crippen molar-refractivity contribution in [1.29, 1.82) is 0 Å². The van der Waals surface area contributed by atoms with E-state index in [2.05, 4.69) is 25.9 Å². The van der Waals surface area contributed by atoms with E-state index >= 15 is 0 Å². The molecule has 0 aliphatic carbocycles. The average molecular weight is 441 g/mol. The average Bonchev–Trinajstić information content (AvgIpc) is 3.24. The second-order valence-corrected chi connectivity index (χ2v) is 7.05. The zero-order valence-corrected chi connectivity index (χ0v) is 17.3. The van der Waals surface area contributed by atoms with Crippen molar-refractivity contribution in [3.05, 3.63) is 18.2 Å². The van der Waals surface area contributed by atoms with E-state index in [1.807, 2.05) is 0 Å². The van der Waals surface area contributed by atoms with Crippen LogP contribution >= 0.6 is 0 Å². The smallest absolute Gasteiger partial charge is 0.326 e. The Morgan fingerprint density at radius 2 is 1.77 bits per heavy atom. The number of hydrogen-bond donors (Lipinski definition) is 8. The number of aliphatic hydroxyl groups excluding tert-OH is 1. The van der Waals surface area contributed by atoms with Gasteiger partial charge < -0.3 is 42.6 Å². The number of carbonyl (C=O) groups excluding carboxylic acids is 3. The number of carbonyl (C=O) groups is 4. The predicted molar refractivity (Wildman–Crippen MR) is 109 cm³/mol. The highest BCUT2D eigenvalue weighted by atomic mass is 16.4. The highest BCUT2D eigenvalue weighted by Gasteiger charge is 2.28. The molecule has 3 amide bonds. The van der Waals surface area contributed by atoms with E-state index in [9.17, 15) is 29.4 Å². The van der Waals surface area contributed by atoms with Gasteiger partial charge in [0.05, 0.1) is 19.0 Å². The number of aliphatic hydroxyl groups is 1. The summed E-state index contributed by atoms with van der Waals surface area (Å²) in [5.74, 6) is -3.46. The summed E-state index contributed by atoms with van der Waals surface area (Å²) in [6.45, 7) is 1.11. The summed E-state index contributed by atoms with van der Waals surface area (Å²) < 4.78 is 0. The standard InChI is InChI=1S/C18H31N7O6/c1-10(23-16(28)12(20)4-2-3-5-19)15(27)25-14(8-26)17(29)24-13(18(30)31)6-11-7-21-9-22-11/h7,9-10,12-14,26H,2-6,8,19-20H2,1H3,(H,21,22)(H,23,28)(H,24,29)(H,25,27)(H,30,31). The zero-order valence-electron chi connectivity index (χ0n) is 17.3. The van der Waals surface area contributed by atoms with Crippen molar-refractivity contribution in [3.8, 4) is 0 Å². The van der Waals surface area contributed by atoms with Crippen molar-refractivity contribution >= 4 is 23.7 Å². The van der Waals surface area contributed by atoms with Gasteiger partial charge in [-0.3, -0.25) is 14.4 Å². The third-order valence-corrected chi connectivity index (χ3v) is 4.47. The van der Waals surface area contributed by atoms with Gasteiger partial charge in [0, 0.05) is 18.3 Å². The molecule has 0 fully saturated rings. The van der Waals surface area contributed by atoms with Gasteiger partial charge in [-0.25, -0.2) is 9.78 Å². The fourth-order valence-corrected chi connectivity index (χ4v) is 2.61. The maximum Gasteiger partial charge on any atom is 0.326 e. The Hall–Kier alpha value is -3.03. The van der Waals surface area contributed by atoms with E-state index in [1.54, 1.807) is 0 Å². The van der Waals surface area contributed by atoms with E-state index in [4.69, 9.17) is 11.5 Å². The highest BCUT2D eigenvalue weighted by molar-refractivity contribution is 5.93. The molecule has 4 unspecified atom stereocenters. The molecule has 0 aromatic carbocycles. The van der Waals surface area contributed by atoms with E-state index in [0.717, 1.165) is 6.42 Å². The number of carboxylic acid groups (broad SMARTS) is 1. The number of nitrogens with two attached hydrogens (primary N) is 2. The number of imidazole rings is 1. The molecule has 0 spiro atoms. The number of nitrogens with zero attached hydrogens (tertiary/aromatic N) is 1. The first-order chi connectivity index (χ1) is 14.7. The second-order valence-electron chi connectivity index (χ2n) is 7.05. The summed E-state index contributed by atoms with van der Waals surface area (Å²) in [6.07, 6.45) is 4.52. The molecule has 1 heterocycles. The van der Waals surface area contributed by atoms with E-state index in [1.165, 1.54) is 19.4 Å². The lowest BCUT2D eigenvalue weighted by Gasteiger charge is -2.22. The molecule has 0 saturated heterocycles.